The molecule has 1 aliphatic rings. The highest BCUT2D eigenvalue weighted by molar-refractivity contribution is 9.10. The van der Waals surface area contributed by atoms with Gasteiger partial charge >= 0.3 is 0 Å². The van der Waals surface area contributed by atoms with Crippen molar-refractivity contribution in [1.82, 2.24) is 0 Å². The van der Waals surface area contributed by atoms with Crippen molar-refractivity contribution in [2.45, 2.75) is 24.7 Å². The molecule has 0 fully saturated rings. The highest BCUT2D eigenvalue weighted by Crippen LogP contribution is 2.31. The van der Waals surface area contributed by atoms with E-state index in [1.165, 1.54) is 0 Å². The first kappa shape index (κ1) is 17.2. The van der Waals surface area contributed by atoms with Gasteiger partial charge in [0, 0.05) is 23.1 Å². The number of aryl methyl sites for hydroxylation is 1. The zero-order valence-corrected chi connectivity index (χ0v) is 15.7. The number of halogens is 1. The quantitative estimate of drug-likeness (QED) is 0.778. The second-order valence-corrected chi connectivity index (χ2v) is 8.98. The Bertz CT molecular complexity index is 876. The summed E-state index contributed by atoms with van der Waals surface area (Å²) in [6.07, 6.45) is 0.789. The highest BCUT2D eigenvalue weighted by Gasteiger charge is 2.26. The van der Waals surface area contributed by atoms with Crippen LogP contribution in [0.4, 0.5) is 5.69 Å². The molecule has 3 rings (SSSR count). The maximum Gasteiger partial charge on any atom is 0.228 e. The fourth-order valence-electron chi connectivity index (χ4n) is 2.85. The van der Waals surface area contributed by atoms with Gasteiger partial charge in [0.25, 0.3) is 0 Å². The van der Waals surface area contributed by atoms with Gasteiger partial charge in [0.1, 0.15) is 0 Å². The van der Waals surface area contributed by atoms with Crippen LogP contribution in [0.15, 0.2) is 51.8 Å². The molecule has 0 aliphatic carbocycles. The van der Waals surface area contributed by atoms with E-state index in [-0.39, 0.29) is 23.0 Å². The number of carbonyl (C=O) groups excluding carboxylic acids is 1. The summed E-state index contributed by atoms with van der Waals surface area (Å²) in [5, 5.41) is 0. The molecule has 6 heteroatoms. The lowest BCUT2D eigenvalue weighted by Crippen LogP contribution is -2.30. The number of amides is 1. The van der Waals surface area contributed by atoms with Gasteiger partial charge in [0.15, 0.2) is 9.84 Å². The topological polar surface area (TPSA) is 54.5 Å². The summed E-state index contributed by atoms with van der Waals surface area (Å²) in [5.74, 6) is -0.316. The first-order chi connectivity index (χ1) is 11.4. The Morgan fingerprint density at radius 2 is 1.88 bits per heavy atom. The number of nitrogens with zero attached hydrogens (tertiary/aromatic N) is 1. The first-order valence-electron chi connectivity index (χ1n) is 7.75. The average Bonchev–Trinajstić information content (AvgIpc) is 2.96. The lowest BCUT2D eigenvalue weighted by Gasteiger charge is -2.17. The third-order valence-corrected chi connectivity index (χ3v) is 6.43. The Morgan fingerprint density at radius 1 is 1.17 bits per heavy atom. The minimum atomic E-state index is -3.44. The second-order valence-electron chi connectivity index (χ2n) is 5.95. The summed E-state index contributed by atoms with van der Waals surface area (Å²) >= 11 is 3.43. The van der Waals surface area contributed by atoms with Crippen LogP contribution >= 0.6 is 15.9 Å². The SMILES string of the molecule is Cc1ccc(S(=O)(=O)CCC(=O)N2CCc3cc(Br)ccc32)cc1. The van der Waals surface area contributed by atoms with Crippen molar-refractivity contribution in [3.63, 3.8) is 0 Å². The van der Waals surface area contributed by atoms with Crippen molar-refractivity contribution < 1.29 is 13.2 Å². The summed E-state index contributed by atoms with van der Waals surface area (Å²) in [5.41, 5.74) is 3.00. The van der Waals surface area contributed by atoms with E-state index >= 15 is 0 Å². The minimum Gasteiger partial charge on any atom is -0.312 e. The van der Waals surface area contributed by atoms with E-state index in [4.69, 9.17) is 0 Å². The molecular weight excluding hydrogens is 390 g/mol. The van der Waals surface area contributed by atoms with Crippen molar-refractivity contribution in [2.24, 2.45) is 0 Å². The molecule has 0 unspecified atom stereocenters. The van der Waals surface area contributed by atoms with Crippen molar-refractivity contribution in [1.29, 1.82) is 0 Å². The Labute approximate surface area is 150 Å². The summed E-state index contributed by atoms with van der Waals surface area (Å²) in [6.45, 7) is 2.51. The Balaban J connectivity index is 1.69. The number of anilines is 1. The maximum atomic E-state index is 12.5. The molecule has 2 aromatic rings. The van der Waals surface area contributed by atoms with Gasteiger partial charge in [-0.15, -0.1) is 0 Å². The molecule has 126 valence electrons. The summed E-state index contributed by atoms with van der Waals surface area (Å²) in [6, 6.07) is 12.5. The highest BCUT2D eigenvalue weighted by atomic mass is 79.9. The number of sulfone groups is 1. The van der Waals surface area contributed by atoms with Gasteiger partial charge in [-0.25, -0.2) is 8.42 Å². The molecule has 0 spiro atoms. The van der Waals surface area contributed by atoms with Crippen LogP contribution in [0, 0.1) is 6.92 Å². The molecule has 0 radical (unpaired) electrons. The van der Waals surface area contributed by atoms with Gasteiger partial charge < -0.3 is 4.90 Å². The van der Waals surface area contributed by atoms with Crippen LogP contribution in [-0.4, -0.2) is 26.6 Å². The smallest absolute Gasteiger partial charge is 0.228 e. The van der Waals surface area contributed by atoms with Gasteiger partial charge in [-0.2, -0.15) is 0 Å². The molecule has 0 aromatic heterocycles. The molecule has 0 saturated carbocycles. The lowest BCUT2D eigenvalue weighted by molar-refractivity contribution is -0.118. The molecule has 0 saturated heterocycles. The fourth-order valence-corrected chi connectivity index (χ4v) is 4.49. The minimum absolute atomic E-state index is 0.00822. The lowest BCUT2D eigenvalue weighted by atomic mass is 10.2. The first-order valence-corrected chi connectivity index (χ1v) is 10.2. The predicted molar refractivity (Wildman–Crippen MR) is 98.0 cm³/mol. The molecule has 1 amide bonds. The van der Waals surface area contributed by atoms with E-state index in [9.17, 15) is 13.2 Å². The van der Waals surface area contributed by atoms with Gasteiger partial charge in [-0.3, -0.25) is 4.79 Å². The van der Waals surface area contributed by atoms with Crippen LogP contribution in [0.1, 0.15) is 17.5 Å². The normalized spacial score (nSPS) is 13.8. The number of benzene rings is 2. The van der Waals surface area contributed by atoms with E-state index in [2.05, 4.69) is 15.9 Å². The van der Waals surface area contributed by atoms with Crippen molar-refractivity contribution in [3.05, 3.63) is 58.1 Å². The zero-order valence-electron chi connectivity index (χ0n) is 13.3. The molecule has 4 nitrogen and oxygen atoms in total. The largest absolute Gasteiger partial charge is 0.312 e. The van der Waals surface area contributed by atoms with Crippen molar-refractivity contribution in [3.8, 4) is 0 Å². The van der Waals surface area contributed by atoms with Gasteiger partial charge in [0.2, 0.25) is 5.91 Å². The van der Waals surface area contributed by atoms with Gasteiger partial charge in [-0.05, 0) is 49.2 Å². The van der Waals surface area contributed by atoms with E-state index in [1.54, 1.807) is 29.2 Å². The molecule has 1 heterocycles. The van der Waals surface area contributed by atoms with E-state index in [1.807, 2.05) is 25.1 Å². The molecule has 2 aromatic carbocycles. The molecule has 0 bridgehead atoms. The van der Waals surface area contributed by atoms with Crippen molar-refractivity contribution in [2.75, 3.05) is 17.2 Å². The Morgan fingerprint density at radius 3 is 2.58 bits per heavy atom. The van der Waals surface area contributed by atoms with Crippen molar-refractivity contribution >= 4 is 37.4 Å². The van der Waals surface area contributed by atoms with Gasteiger partial charge in [0.05, 0.1) is 10.6 Å². The second kappa shape index (κ2) is 6.69. The van der Waals surface area contributed by atoms with Crippen LogP contribution < -0.4 is 4.90 Å². The van der Waals surface area contributed by atoms with E-state index in [0.29, 0.717) is 6.54 Å². The third-order valence-electron chi connectivity index (χ3n) is 4.20. The van der Waals surface area contributed by atoms with Gasteiger partial charge in [-0.1, -0.05) is 33.6 Å². The molecule has 0 N–H and O–H groups in total. The summed E-state index contributed by atoms with van der Waals surface area (Å²) in [4.78, 5) is 14.4. The predicted octanol–water partition coefficient (Wildman–Crippen LogP) is 3.51. The number of hydrogen-bond donors (Lipinski definition) is 0. The van der Waals surface area contributed by atoms with Crippen LogP contribution in [-0.2, 0) is 21.1 Å². The number of fused-ring (bicyclic) bond motifs is 1. The molecule has 1 aliphatic heterocycles. The van der Waals surface area contributed by atoms with Crippen LogP contribution in [0.5, 0.6) is 0 Å². The number of rotatable bonds is 4. The zero-order chi connectivity index (χ0) is 17.3. The number of carbonyl (C=O) groups is 1. The summed E-state index contributed by atoms with van der Waals surface area (Å²) in [7, 11) is -3.44. The van der Waals surface area contributed by atoms with Crippen LogP contribution in [0.3, 0.4) is 0 Å². The van der Waals surface area contributed by atoms with E-state index in [0.717, 1.165) is 27.7 Å². The molecule has 24 heavy (non-hydrogen) atoms. The van der Waals surface area contributed by atoms with E-state index < -0.39 is 9.84 Å². The Kier molecular flexibility index (Phi) is 4.78. The molecular formula is C18H18BrNO3S. The standard InChI is InChI=1S/C18H18BrNO3S/c1-13-2-5-16(6-3-13)24(22,23)11-9-18(21)20-10-8-14-12-15(19)4-7-17(14)20/h2-7,12H,8-11H2,1H3. The number of hydrogen-bond acceptors (Lipinski definition) is 3. The Hall–Kier alpha value is -1.66. The maximum absolute atomic E-state index is 12.5. The average molecular weight is 408 g/mol. The third kappa shape index (κ3) is 3.54. The fraction of sp³-hybridized carbons (Fsp3) is 0.278. The van der Waals surface area contributed by atoms with Crippen LogP contribution in [0.25, 0.3) is 0 Å². The summed E-state index contributed by atoms with van der Waals surface area (Å²) < 4.78 is 25.7. The molecule has 0 atom stereocenters. The monoisotopic (exact) mass is 407 g/mol. The van der Waals surface area contributed by atoms with Crippen LogP contribution in [0.2, 0.25) is 0 Å².